The first-order valence-corrected chi connectivity index (χ1v) is 15.2. The molecule has 6 atom stereocenters. The number of nitrogens with zero attached hydrogens (tertiary/aromatic N) is 4. The van der Waals surface area contributed by atoms with Crippen LogP contribution in [0, 0.1) is 17.2 Å². The summed E-state index contributed by atoms with van der Waals surface area (Å²) in [4.78, 5) is 29.4. The van der Waals surface area contributed by atoms with Crippen LogP contribution in [-0.2, 0) is 33.9 Å². The second-order valence-corrected chi connectivity index (χ2v) is 12.3. The van der Waals surface area contributed by atoms with Gasteiger partial charge >= 0.3 is 20.5 Å². The number of hydrogen-bond acceptors (Lipinski definition) is 13. The van der Waals surface area contributed by atoms with Gasteiger partial charge in [-0.15, -0.1) is 0 Å². The number of para-hydroxylation sites is 1. The van der Waals surface area contributed by atoms with Gasteiger partial charge in [0.25, 0.3) is 0 Å². The molecule has 2 aromatic heterocycles. The Morgan fingerprint density at radius 2 is 1.89 bits per heavy atom. The number of nitrogens with two attached hydrogens (primary N) is 1. The fraction of sp³-hybridized carbons (Fsp3) is 0.483. The Hall–Kier alpha value is -3.86. The second kappa shape index (κ2) is 13.4. The molecule has 0 amide bonds. The van der Waals surface area contributed by atoms with Crippen molar-refractivity contribution in [2.24, 2.45) is 5.92 Å². The number of anilines is 1. The molecule has 1 aliphatic heterocycles. The van der Waals surface area contributed by atoms with E-state index in [1.165, 1.54) is 23.8 Å². The van der Waals surface area contributed by atoms with Crippen molar-refractivity contribution in [2.75, 3.05) is 12.3 Å². The third-order valence-electron chi connectivity index (χ3n) is 6.94. The number of aliphatic hydroxyl groups is 1. The van der Waals surface area contributed by atoms with Crippen LogP contribution in [0.1, 0.15) is 47.2 Å². The summed E-state index contributed by atoms with van der Waals surface area (Å²) in [7, 11) is -2.02. The van der Waals surface area contributed by atoms with Crippen LogP contribution in [0.3, 0.4) is 0 Å². The lowest BCUT2D eigenvalue weighted by Gasteiger charge is -2.34. The summed E-state index contributed by atoms with van der Waals surface area (Å²) in [6.45, 7) is 9.41. The zero-order valence-corrected chi connectivity index (χ0v) is 26.2. The van der Waals surface area contributed by atoms with E-state index in [0.717, 1.165) is 0 Å². The van der Waals surface area contributed by atoms with Crippen molar-refractivity contribution < 1.29 is 38.0 Å². The smallest absolute Gasteiger partial charge is 0.323 e. The topological polar surface area (TPSA) is 193 Å². The molecule has 1 fully saturated rings. The maximum atomic E-state index is 12.8. The van der Waals surface area contributed by atoms with Crippen molar-refractivity contribution in [3.8, 4) is 11.8 Å². The summed E-state index contributed by atoms with van der Waals surface area (Å²) in [6.07, 6.45) is -1.65. The molecule has 4 rings (SSSR count). The van der Waals surface area contributed by atoms with Crippen LogP contribution >= 0.6 is 8.53 Å². The Morgan fingerprint density at radius 1 is 1.18 bits per heavy atom. The maximum Gasteiger partial charge on any atom is 0.323 e. The molecule has 3 aromatic rings. The molecule has 1 saturated heterocycles. The summed E-state index contributed by atoms with van der Waals surface area (Å²) < 4.78 is 30.9. The molecule has 3 heterocycles. The number of carbonyl (C=O) groups is 2. The molecule has 1 aliphatic rings. The Labute approximate surface area is 256 Å². The minimum absolute atomic E-state index is 0.146. The highest BCUT2D eigenvalue weighted by Gasteiger charge is 2.67. The van der Waals surface area contributed by atoms with Gasteiger partial charge in [-0.25, -0.2) is 14.6 Å². The van der Waals surface area contributed by atoms with E-state index in [9.17, 15) is 20.0 Å². The lowest BCUT2D eigenvalue weighted by atomic mass is 9.80. The third-order valence-corrected chi connectivity index (χ3v) is 8.30. The highest BCUT2D eigenvalue weighted by atomic mass is 31.2. The van der Waals surface area contributed by atoms with Gasteiger partial charge in [0.15, 0.2) is 11.9 Å². The van der Waals surface area contributed by atoms with Crippen molar-refractivity contribution >= 4 is 31.8 Å². The lowest BCUT2D eigenvalue weighted by molar-refractivity contribution is -0.168. The van der Waals surface area contributed by atoms with Crippen LogP contribution in [-0.4, -0.2) is 68.2 Å². The van der Waals surface area contributed by atoms with Gasteiger partial charge in [-0.2, -0.15) is 10.4 Å². The number of benzene rings is 1. The summed E-state index contributed by atoms with van der Waals surface area (Å²) in [6, 6.07) is 13.2. The Balaban J connectivity index is 1.68. The van der Waals surface area contributed by atoms with Gasteiger partial charge in [0.2, 0.25) is 5.60 Å². The first kappa shape index (κ1) is 33.0. The predicted molar refractivity (Wildman–Crippen MR) is 159 cm³/mol. The van der Waals surface area contributed by atoms with E-state index in [0.29, 0.717) is 11.3 Å². The molecule has 0 radical (unpaired) electrons. The molecule has 0 saturated carbocycles. The van der Waals surface area contributed by atoms with Crippen molar-refractivity contribution in [2.45, 2.75) is 77.1 Å². The van der Waals surface area contributed by atoms with Crippen molar-refractivity contribution in [3.05, 3.63) is 54.5 Å². The first-order valence-electron chi connectivity index (χ1n) is 14.0. The van der Waals surface area contributed by atoms with Crippen LogP contribution in [0.2, 0.25) is 0 Å². The average molecular weight is 629 g/mol. The maximum absolute atomic E-state index is 12.8. The van der Waals surface area contributed by atoms with Crippen molar-refractivity contribution in [1.82, 2.24) is 19.7 Å². The molecule has 1 unspecified atom stereocenters. The van der Waals surface area contributed by atoms with Crippen molar-refractivity contribution in [1.29, 1.82) is 5.26 Å². The van der Waals surface area contributed by atoms with E-state index >= 15 is 0 Å². The highest BCUT2D eigenvalue weighted by molar-refractivity contribution is 7.45. The molecule has 0 bridgehead atoms. The van der Waals surface area contributed by atoms with Gasteiger partial charge in [0.05, 0.1) is 24.3 Å². The highest BCUT2D eigenvalue weighted by Crippen LogP contribution is 2.49. The number of carbonyl (C=O) groups excluding carboxylic acids is 2. The van der Waals surface area contributed by atoms with Crippen LogP contribution in [0.5, 0.6) is 5.75 Å². The summed E-state index contributed by atoms with van der Waals surface area (Å²) in [5, 5.41) is 29.8. The Morgan fingerprint density at radius 3 is 2.52 bits per heavy atom. The van der Waals surface area contributed by atoms with Gasteiger partial charge in [-0.3, -0.25) is 9.59 Å². The second-order valence-electron chi connectivity index (χ2n) is 11.1. The van der Waals surface area contributed by atoms with Crippen LogP contribution in [0.4, 0.5) is 5.82 Å². The van der Waals surface area contributed by atoms with Gasteiger partial charge < -0.3 is 34.1 Å². The molecule has 4 N–H and O–H groups in total. The van der Waals surface area contributed by atoms with Gasteiger partial charge in [0.1, 0.15) is 41.4 Å². The Kier molecular flexibility index (Phi) is 10.1. The van der Waals surface area contributed by atoms with Crippen molar-refractivity contribution in [3.63, 3.8) is 0 Å². The SMILES string of the molecule is CC(C)OC(=O)[C@@H](C)NP(OC[C@H]1O[C@@](C#N)(c2ccc3c(N)ncnn23)[C@](C)(O)[C@@H]1OC(=O)C(C)C)Oc1ccccc1. The first-order chi connectivity index (χ1) is 20.8. The van der Waals surface area contributed by atoms with E-state index in [1.54, 1.807) is 65.0 Å². The summed E-state index contributed by atoms with van der Waals surface area (Å²) in [5.74, 6) is -1.06. The predicted octanol–water partition coefficient (Wildman–Crippen LogP) is 3.00. The molecule has 236 valence electrons. The summed E-state index contributed by atoms with van der Waals surface area (Å²) >= 11 is 0. The molecule has 1 aromatic carbocycles. The fourth-order valence-electron chi connectivity index (χ4n) is 4.63. The van der Waals surface area contributed by atoms with Crippen LogP contribution in [0.15, 0.2) is 48.8 Å². The number of nitrogen functional groups attached to an aromatic ring is 1. The number of ether oxygens (including phenoxy) is 3. The minimum atomic E-state index is -2.10. The largest absolute Gasteiger partial charge is 0.462 e. The number of rotatable bonds is 12. The van der Waals surface area contributed by atoms with E-state index < -0.39 is 55.8 Å². The molecule has 0 spiro atoms. The molecular formula is C29H37N6O8P. The standard InChI is InChI=1S/C29H37N6O8P/c1-17(2)26(36)41-24-22(14-39-44(43-20-10-8-7-9-11-20)34-19(5)27(37)40-18(3)4)42-29(15-30,28(24,6)38)23-13-12-21-25(31)32-16-33-35(21)23/h7-13,16-19,22,24,34,38H,14H2,1-6H3,(H2,31,32,33)/t19-,22-,24-,28-,29+,44?/m1/s1. The van der Waals surface area contributed by atoms with E-state index in [2.05, 4.69) is 21.2 Å². The number of aromatic nitrogens is 3. The number of esters is 2. The van der Waals surface area contributed by atoms with E-state index in [1.807, 2.05) is 6.07 Å². The Bertz CT molecular complexity index is 1510. The number of nitriles is 1. The third kappa shape index (κ3) is 6.62. The molecule has 0 aliphatic carbocycles. The monoisotopic (exact) mass is 628 g/mol. The quantitative estimate of drug-likeness (QED) is 0.196. The average Bonchev–Trinajstić information content (AvgIpc) is 3.50. The number of fused-ring (bicyclic) bond motifs is 1. The summed E-state index contributed by atoms with van der Waals surface area (Å²) in [5.41, 5.74) is 2.36. The lowest BCUT2D eigenvalue weighted by Crippen LogP contribution is -2.54. The minimum Gasteiger partial charge on any atom is -0.462 e. The molecule has 14 nitrogen and oxygen atoms in total. The zero-order valence-electron chi connectivity index (χ0n) is 25.3. The molecule has 15 heteroatoms. The molecular weight excluding hydrogens is 591 g/mol. The van der Waals surface area contributed by atoms with Gasteiger partial charge in [-0.05, 0) is 52.0 Å². The number of nitrogens with one attached hydrogen (secondary N) is 1. The molecule has 44 heavy (non-hydrogen) atoms. The fourth-order valence-corrected chi connectivity index (χ4v) is 5.83. The van der Waals surface area contributed by atoms with Crippen LogP contribution < -0.4 is 15.3 Å². The van der Waals surface area contributed by atoms with Gasteiger partial charge in [0, 0.05) is 0 Å². The van der Waals surface area contributed by atoms with E-state index in [-0.39, 0.29) is 24.2 Å². The van der Waals surface area contributed by atoms with Crippen LogP contribution in [0.25, 0.3) is 5.52 Å². The zero-order chi connectivity index (χ0) is 32.2. The van der Waals surface area contributed by atoms with E-state index in [4.69, 9.17) is 29.0 Å². The number of hydrogen-bond donors (Lipinski definition) is 3. The van der Waals surface area contributed by atoms with Gasteiger partial charge in [-0.1, -0.05) is 32.0 Å². The normalized spacial score (nSPS) is 24.6.